The van der Waals surface area contributed by atoms with Crippen LogP contribution in [0.15, 0.2) is 4.99 Å². The van der Waals surface area contributed by atoms with Gasteiger partial charge in [-0.25, -0.2) is 0 Å². The van der Waals surface area contributed by atoms with Crippen LogP contribution in [-0.2, 0) is 4.74 Å². The zero-order chi connectivity index (χ0) is 8.98. The van der Waals surface area contributed by atoms with E-state index in [0.29, 0.717) is 16.9 Å². The first-order valence-electron chi connectivity index (χ1n) is 4.62. The van der Waals surface area contributed by atoms with Crippen molar-refractivity contribution in [3.05, 3.63) is 0 Å². The van der Waals surface area contributed by atoms with Crippen molar-refractivity contribution in [1.29, 1.82) is 0 Å². The fraction of sp³-hybridized carbons (Fsp3) is 0.900. The van der Waals surface area contributed by atoms with Gasteiger partial charge in [-0.15, -0.1) is 0 Å². The molecule has 68 valence electrons. The predicted octanol–water partition coefficient (Wildman–Crippen LogP) is 2.24. The highest BCUT2D eigenvalue weighted by molar-refractivity contribution is 5.79. The molecule has 0 N–H and O–H groups in total. The van der Waals surface area contributed by atoms with E-state index in [9.17, 15) is 0 Å². The van der Waals surface area contributed by atoms with E-state index in [0.717, 1.165) is 12.3 Å². The molecule has 1 heterocycles. The summed E-state index contributed by atoms with van der Waals surface area (Å²) in [4.78, 5) is 4.53. The van der Waals surface area contributed by atoms with Gasteiger partial charge >= 0.3 is 0 Å². The topological polar surface area (TPSA) is 21.6 Å². The largest absolute Gasteiger partial charge is 0.484 e. The Morgan fingerprint density at radius 1 is 1.50 bits per heavy atom. The summed E-state index contributed by atoms with van der Waals surface area (Å²) < 4.78 is 5.22. The maximum atomic E-state index is 5.22. The Balaban J connectivity index is 2.27. The lowest BCUT2D eigenvalue weighted by atomic mass is 9.85. The minimum atomic E-state index is 0.436. The molecule has 2 nitrogen and oxygen atoms in total. The Kier molecular flexibility index (Phi) is 1.37. The number of aliphatic imine (C=N–C) groups is 1. The van der Waals surface area contributed by atoms with Gasteiger partial charge in [0.1, 0.15) is 0 Å². The van der Waals surface area contributed by atoms with E-state index in [2.05, 4.69) is 25.8 Å². The normalized spacial score (nSPS) is 51.0. The molecular weight excluding hydrogens is 150 g/mol. The van der Waals surface area contributed by atoms with Crippen molar-refractivity contribution in [3.8, 4) is 0 Å². The van der Waals surface area contributed by atoms with E-state index in [4.69, 9.17) is 4.74 Å². The lowest BCUT2D eigenvalue weighted by molar-refractivity contribution is 0.282. The first-order valence-corrected chi connectivity index (χ1v) is 4.62. The van der Waals surface area contributed by atoms with E-state index in [1.165, 1.54) is 6.42 Å². The Bertz CT molecular complexity index is 248. The van der Waals surface area contributed by atoms with Gasteiger partial charge in [-0.1, -0.05) is 13.8 Å². The summed E-state index contributed by atoms with van der Waals surface area (Å²) in [7, 11) is 1.72. The van der Waals surface area contributed by atoms with Crippen LogP contribution in [-0.4, -0.2) is 19.0 Å². The zero-order valence-electron chi connectivity index (χ0n) is 8.35. The van der Waals surface area contributed by atoms with Crippen LogP contribution >= 0.6 is 0 Å². The molecule has 0 bridgehead atoms. The molecule has 0 aromatic heterocycles. The van der Waals surface area contributed by atoms with Gasteiger partial charge in [-0.2, -0.15) is 0 Å². The van der Waals surface area contributed by atoms with Crippen LogP contribution in [0, 0.1) is 10.8 Å². The second-order valence-corrected chi connectivity index (χ2v) is 4.73. The Hall–Kier alpha value is -0.530. The molecule has 2 heteroatoms. The van der Waals surface area contributed by atoms with E-state index in [-0.39, 0.29) is 0 Å². The summed E-state index contributed by atoms with van der Waals surface area (Å²) in [5.41, 5.74) is 0.925. The van der Waals surface area contributed by atoms with E-state index in [1.54, 1.807) is 7.11 Å². The monoisotopic (exact) mass is 167 g/mol. The first-order chi connectivity index (χ1) is 5.52. The highest BCUT2D eigenvalue weighted by atomic mass is 16.5. The van der Waals surface area contributed by atoms with Crippen molar-refractivity contribution >= 4 is 5.90 Å². The molecule has 1 aliphatic carbocycles. The van der Waals surface area contributed by atoms with Crippen LogP contribution in [0.2, 0.25) is 0 Å². The van der Waals surface area contributed by atoms with Gasteiger partial charge in [0.2, 0.25) is 0 Å². The number of hydrogen-bond acceptors (Lipinski definition) is 2. The molecule has 0 saturated heterocycles. The predicted molar refractivity (Wildman–Crippen MR) is 49.4 cm³/mol. The summed E-state index contributed by atoms with van der Waals surface area (Å²) in [6.07, 6.45) is 2.34. The molecule has 2 aliphatic rings. The molecule has 1 aliphatic heterocycles. The number of rotatable bonds is 0. The SMILES string of the molecule is COC1=NC(C)C2(C)CC2(C)C1. The quantitative estimate of drug-likeness (QED) is 0.542. The molecule has 0 aromatic carbocycles. The molecule has 2 rings (SSSR count). The molecule has 3 atom stereocenters. The molecular formula is C10H17NO. The summed E-state index contributed by atoms with van der Waals surface area (Å²) in [6.45, 7) is 6.88. The van der Waals surface area contributed by atoms with E-state index >= 15 is 0 Å². The van der Waals surface area contributed by atoms with Crippen molar-refractivity contribution in [3.63, 3.8) is 0 Å². The van der Waals surface area contributed by atoms with Crippen molar-refractivity contribution in [2.24, 2.45) is 15.8 Å². The second kappa shape index (κ2) is 2.04. The molecule has 1 fully saturated rings. The molecule has 0 radical (unpaired) electrons. The van der Waals surface area contributed by atoms with Gasteiger partial charge in [0, 0.05) is 6.42 Å². The fourth-order valence-corrected chi connectivity index (χ4v) is 2.55. The van der Waals surface area contributed by atoms with Crippen LogP contribution in [0.3, 0.4) is 0 Å². The number of nitrogens with zero attached hydrogens (tertiary/aromatic N) is 1. The lowest BCUT2D eigenvalue weighted by Gasteiger charge is -2.28. The highest BCUT2D eigenvalue weighted by Gasteiger charge is 2.65. The third kappa shape index (κ3) is 0.782. The number of hydrogen-bond donors (Lipinski definition) is 0. The van der Waals surface area contributed by atoms with Gasteiger partial charge in [-0.3, -0.25) is 4.99 Å². The van der Waals surface area contributed by atoms with Gasteiger partial charge in [0.15, 0.2) is 5.90 Å². The smallest absolute Gasteiger partial charge is 0.183 e. The van der Waals surface area contributed by atoms with Crippen molar-refractivity contribution in [2.45, 2.75) is 39.7 Å². The van der Waals surface area contributed by atoms with E-state index in [1.807, 2.05) is 0 Å². The molecule has 1 saturated carbocycles. The average Bonchev–Trinajstić information content (AvgIpc) is 2.55. The highest BCUT2D eigenvalue weighted by Crippen LogP contribution is 2.69. The Morgan fingerprint density at radius 2 is 2.17 bits per heavy atom. The lowest BCUT2D eigenvalue weighted by Crippen LogP contribution is -2.29. The fourth-order valence-electron chi connectivity index (χ4n) is 2.55. The van der Waals surface area contributed by atoms with Crippen molar-refractivity contribution in [2.75, 3.05) is 7.11 Å². The third-order valence-corrected chi connectivity index (χ3v) is 4.05. The first kappa shape index (κ1) is 8.09. The zero-order valence-corrected chi connectivity index (χ0v) is 8.35. The van der Waals surface area contributed by atoms with Crippen molar-refractivity contribution in [1.82, 2.24) is 0 Å². The minimum absolute atomic E-state index is 0.436. The molecule has 0 amide bonds. The van der Waals surface area contributed by atoms with Gasteiger partial charge in [0.05, 0.1) is 13.2 Å². The summed E-state index contributed by atoms with van der Waals surface area (Å²) >= 11 is 0. The average molecular weight is 167 g/mol. The van der Waals surface area contributed by atoms with Gasteiger partial charge in [-0.05, 0) is 24.2 Å². The van der Waals surface area contributed by atoms with Crippen LogP contribution in [0.4, 0.5) is 0 Å². The van der Waals surface area contributed by atoms with Gasteiger partial charge in [0.25, 0.3) is 0 Å². The Labute approximate surface area is 74.0 Å². The van der Waals surface area contributed by atoms with Crippen LogP contribution < -0.4 is 0 Å². The standard InChI is InChI=1S/C10H17NO/c1-7-10(3)6-9(10,2)5-8(11-7)12-4/h7H,5-6H2,1-4H3. The van der Waals surface area contributed by atoms with Crippen LogP contribution in [0.1, 0.15) is 33.6 Å². The van der Waals surface area contributed by atoms with Crippen molar-refractivity contribution < 1.29 is 4.74 Å². The molecule has 12 heavy (non-hydrogen) atoms. The molecule has 0 aromatic rings. The maximum Gasteiger partial charge on any atom is 0.183 e. The Morgan fingerprint density at radius 3 is 2.67 bits per heavy atom. The van der Waals surface area contributed by atoms with Gasteiger partial charge < -0.3 is 4.74 Å². The number of methoxy groups -OCH3 is 1. The maximum absolute atomic E-state index is 5.22. The molecule has 3 unspecified atom stereocenters. The van der Waals surface area contributed by atoms with Crippen LogP contribution in [0.5, 0.6) is 0 Å². The van der Waals surface area contributed by atoms with Crippen LogP contribution in [0.25, 0.3) is 0 Å². The second-order valence-electron chi connectivity index (χ2n) is 4.73. The number of fused-ring (bicyclic) bond motifs is 1. The minimum Gasteiger partial charge on any atom is -0.484 e. The summed E-state index contributed by atoms with van der Waals surface area (Å²) in [5, 5.41) is 0. The summed E-state index contributed by atoms with van der Waals surface area (Å²) in [6, 6.07) is 0.436. The van der Waals surface area contributed by atoms with E-state index < -0.39 is 0 Å². The summed E-state index contributed by atoms with van der Waals surface area (Å²) in [5.74, 6) is 0.944. The third-order valence-electron chi connectivity index (χ3n) is 4.05. The molecule has 0 spiro atoms. The number of ether oxygens (including phenoxy) is 1.